The van der Waals surface area contributed by atoms with Gasteiger partial charge in [0, 0.05) is 29.7 Å². The molecular weight excluding hydrogens is 480 g/mol. The van der Waals surface area contributed by atoms with Crippen molar-refractivity contribution < 1.29 is 4.79 Å². The first kappa shape index (κ1) is 21.0. The van der Waals surface area contributed by atoms with Crippen molar-refractivity contribution in [1.29, 1.82) is 0 Å². The molecule has 4 rings (SSSR count). The molecule has 154 valence electrons. The fourth-order valence-electron chi connectivity index (χ4n) is 3.61. The van der Waals surface area contributed by atoms with E-state index in [4.69, 9.17) is 12.2 Å². The second-order valence-corrected chi connectivity index (χ2v) is 10.0. The summed E-state index contributed by atoms with van der Waals surface area (Å²) in [5.41, 5.74) is 2.85. The molecule has 8 heteroatoms. The van der Waals surface area contributed by atoms with Crippen molar-refractivity contribution in [3.63, 3.8) is 0 Å². The smallest absolute Gasteiger partial charge is 0.226 e. The maximum Gasteiger partial charge on any atom is 0.226 e. The number of anilines is 1. The van der Waals surface area contributed by atoms with Gasteiger partial charge in [-0.1, -0.05) is 18.2 Å². The zero-order valence-electron chi connectivity index (χ0n) is 16.3. The van der Waals surface area contributed by atoms with Gasteiger partial charge in [-0.25, -0.2) is 0 Å². The van der Waals surface area contributed by atoms with Gasteiger partial charge >= 0.3 is 0 Å². The van der Waals surface area contributed by atoms with Crippen molar-refractivity contribution in [2.45, 2.75) is 25.4 Å². The van der Waals surface area contributed by atoms with Crippen LogP contribution in [0.2, 0.25) is 0 Å². The third-order valence-electron chi connectivity index (χ3n) is 4.96. The molecule has 0 bridgehead atoms. The van der Waals surface area contributed by atoms with Crippen LogP contribution in [0.3, 0.4) is 0 Å². The Balaban J connectivity index is 1.51. The monoisotopic (exact) mass is 500 g/mol. The van der Waals surface area contributed by atoms with Gasteiger partial charge < -0.3 is 15.5 Å². The minimum absolute atomic E-state index is 0.0181. The van der Waals surface area contributed by atoms with Crippen LogP contribution in [0.4, 0.5) is 5.69 Å². The molecule has 1 amide bonds. The van der Waals surface area contributed by atoms with Gasteiger partial charge in [-0.05, 0) is 77.0 Å². The summed E-state index contributed by atoms with van der Waals surface area (Å²) < 4.78 is 1.06. The largest absolute Gasteiger partial charge is 0.352 e. The number of carbonyl (C=O) groups is 1. The molecule has 0 spiro atoms. The van der Waals surface area contributed by atoms with Gasteiger partial charge in [-0.2, -0.15) is 0 Å². The highest BCUT2D eigenvalue weighted by Crippen LogP contribution is 2.42. The van der Waals surface area contributed by atoms with Crippen LogP contribution in [0, 0.1) is 6.92 Å². The van der Waals surface area contributed by atoms with Crippen LogP contribution < -0.4 is 10.6 Å². The number of thiocarbonyl (C=S) groups is 1. The number of pyridine rings is 1. The Hall–Kier alpha value is -2.29. The van der Waals surface area contributed by atoms with Gasteiger partial charge in [0.25, 0.3) is 0 Å². The lowest BCUT2D eigenvalue weighted by atomic mass is 10.0. The number of thiophene rings is 1. The molecule has 2 atom stereocenters. The van der Waals surface area contributed by atoms with E-state index in [1.165, 1.54) is 4.88 Å². The lowest BCUT2D eigenvalue weighted by molar-refractivity contribution is -0.116. The van der Waals surface area contributed by atoms with E-state index in [0.717, 1.165) is 20.7 Å². The number of benzene rings is 1. The molecular formula is C22H21BrN4OS2. The molecule has 1 fully saturated rings. The molecule has 2 aromatic heterocycles. The Morgan fingerprint density at radius 1 is 1.27 bits per heavy atom. The number of halogens is 1. The molecule has 1 saturated heterocycles. The van der Waals surface area contributed by atoms with E-state index in [1.807, 2.05) is 55.5 Å². The summed E-state index contributed by atoms with van der Waals surface area (Å²) in [5, 5.41) is 7.03. The summed E-state index contributed by atoms with van der Waals surface area (Å²) in [5.74, 6) is -0.0317. The summed E-state index contributed by atoms with van der Waals surface area (Å²) in [6.45, 7) is 2.53. The van der Waals surface area contributed by atoms with Gasteiger partial charge in [-0.3, -0.25) is 9.78 Å². The van der Waals surface area contributed by atoms with Crippen molar-refractivity contribution in [2.24, 2.45) is 0 Å². The zero-order chi connectivity index (χ0) is 21.1. The molecule has 1 aliphatic rings. The Bertz CT molecular complexity index is 1060. The van der Waals surface area contributed by atoms with Crippen molar-refractivity contribution in [1.82, 2.24) is 15.2 Å². The summed E-state index contributed by atoms with van der Waals surface area (Å²) in [7, 11) is 0. The SMILES string of the molecule is Cc1cccc(NC(=O)CCN2C(=S)N[C@H](c3ccccn3)[C@H]2c2ccc(Br)s2)c1. The fourth-order valence-corrected chi connectivity index (χ4v) is 5.52. The number of nitrogens with zero attached hydrogens (tertiary/aromatic N) is 2. The topological polar surface area (TPSA) is 57.3 Å². The number of carbonyl (C=O) groups excluding carboxylic acids is 1. The first-order valence-electron chi connectivity index (χ1n) is 9.61. The van der Waals surface area contributed by atoms with Crippen molar-refractivity contribution in [2.75, 3.05) is 11.9 Å². The second-order valence-electron chi connectivity index (χ2n) is 7.13. The fraction of sp³-hybridized carbons (Fsp3) is 0.227. The maximum absolute atomic E-state index is 12.6. The number of nitrogens with one attached hydrogen (secondary N) is 2. The van der Waals surface area contributed by atoms with E-state index < -0.39 is 0 Å². The molecule has 30 heavy (non-hydrogen) atoms. The second kappa shape index (κ2) is 9.24. The molecule has 0 saturated carbocycles. The quantitative estimate of drug-likeness (QED) is 0.454. The van der Waals surface area contributed by atoms with E-state index in [1.54, 1.807) is 17.5 Å². The first-order valence-corrected chi connectivity index (χ1v) is 11.6. The molecule has 5 nitrogen and oxygen atoms in total. The Labute approximate surface area is 193 Å². The number of aromatic nitrogens is 1. The van der Waals surface area contributed by atoms with Gasteiger partial charge in [0.1, 0.15) is 0 Å². The van der Waals surface area contributed by atoms with Crippen LogP contribution in [-0.2, 0) is 4.79 Å². The molecule has 0 aliphatic carbocycles. The van der Waals surface area contributed by atoms with Crippen LogP contribution in [0.15, 0.2) is 64.6 Å². The standard InChI is InChI=1S/C22H21BrN4OS2/c1-14-5-4-6-15(13-14)25-19(28)10-12-27-21(17-8-9-18(23)30-17)20(26-22(27)29)16-7-2-3-11-24-16/h2-9,11,13,20-21H,10,12H2,1H3,(H,25,28)(H,26,29)/t20-,21-/m1/s1. The molecule has 3 aromatic rings. The number of aryl methyl sites for hydroxylation is 1. The Morgan fingerprint density at radius 2 is 2.13 bits per heavy atom. The molecule has 2 N–H and O–H groups in total. The molecule has 0 unspecified atom stereocenters. The number of hydrogen-bond acceptors (Lipinski definition) is 4. The highest BCUT2D eigenvalue weighted by Gasteiger charge is 2.40. The average Bonchev–Trinajstić information content (AvgIpc) is 3.30. The summed E-state index contributed by atoms with van der Waals surface area (Å²) >= 11 is 10.9. The van der Waals surface area contributed by atoms with E-state index in [0.29, 0.717) is 18.1 Å². The first-order chi connectivity index (χ1) is 14.5. The summed E-state index contributed by atoms with van der Waals surface area (Å²) in [6, 6.07) is 17.7. The van der Waals surface area contributed by atoms with Gasteiger partial charge in [0.05, 0.1) is 21.6 Å². The highest BCUT2D eigenvalue weighted by molar-refractivity contribution is 9.11. The molecule has 1 aromatic carbocycles. The van der Waals surface area contributed by atoms with Crippen molar-refractivity contribution >= 4 is 56.2 Å². The van der Waals surface area contributed by atoms with Crippen molar-refractivity contribution in [3.8, 4) is 0 Å². The van der Waals surface area contributed by atoms with Crippen LogP contribution in [0.25, 0.3) is 0 Å². The number of hydrogen-bond donors (Lipinski definition) is 2. The molecule has 1 aliphatic heterocycles. The number of amides is 1. The average molecular weight is 501 g/mol. The highest BCUT2D eigenvalue weighted by atomic mass is 79.9. The Morgan fingerprint density at radius 3 is 2.83 bits per heavy atom. The van der Waals surface area contributed by atoms with E-state index in [2.05, 4.69) is 42.5 Å². The van der Waals surface area contributed by atoms with Gasteiger partial charge in [-0.15, -0.1) is 11.3 Å². The minimum atomic E-state index is -0.0657. The predicted molar refractivity (Wildman–Crippen MR) is 129 cm³/mol. The summed E-state index contributed by atoms with van der Waals surface area (Å²) in [4.78, 5) is 20.4. The van der Waals surface area contributed by atoms with E-state index in [-0.39, 0.29) is 18.0 Å². The molecule has 3 heterocycles. The van der Waals surface area contributed by atoms with Crippen LogP contribution in [0.5, 0.6) is 0 Å². The zero-order valence-corrected chi connectivity index (χ0v) is 19.6. The molecule has 0 radical (unpaired) electrons. The lowest BCUT2D eigenvalue weighted by Gasteiger charge is -2.26. The summed E-state index contributed by atoms with van der Waals surface area (Å²) in [6.07, 6.45) is 2.13. The van der Waals surface area contributed by atoms with E-state index >= 15 is 0 Å². The van der Waals surface area contributed by atoms with Crippen LogP contribution in [0.1, 0.15) is 34.6 Å². The lowest BCUT2D eigenvalue weighted by Crippen LogP contribution is -2.32. The maximum atomic E-state index is 12.6. The van der Waals surface area contributed by atoms with E-state index in [9.17, 15) is 4.79 Å². The van der Waals surface area contributed by atoms with Crippen molar-refractivity contribution in [3.05, 3.63) is 80.7 Å². The van der Waals surface area contributed by atoms with Gasteiger partial charge in [0.2, 0.25) is 5.91 Å². The third kappa shape index (κ3) is 4.71. The van der Waals surface area contributed by atoms with Gasteiger partial charge in [0.15, 0.2) is 5.11 Å². The number of rotatable bonds is 6. The minimum Gasteiger partial charge on any atom is -0.352 e. The Kier molecular flexibility index (Phi) is 6.46. The predicted octanol–water partition coefficient (Wildman–Crippen LogP) is 5.22. The third-order valence-corrected chi connectivity index (χ3v) is 7.01. The van der Waals surface area contributed by atoms with Crippen LogP contribution in [-0.4, -0.2) is 27.4 Å². The normalized spacial score (nSPS) is 18.3. The van der Waals surface area contributed by atoms with Crippen LogP contribution >= 0.6 is 39.5 Å².